The van der Waals surface area contributed by atoms with Crippen molar-refractivity contribution in [2.75, 3.05) is 26.7 Å². The number of halogens is 1. The van der Waals surface area contributed by atoms with Crippen molar-refractivity contribution in [2.45, 2.75) is 25.9 Å². The lowest BCUT2D eigenvalue weighted by molar-refractivity contribution is -0.123. The van der Waals surface area contributed by atoms with Crippen molar-refractivity contribution in [3.05, 3.63) is 23.7 Å². The molecular weight excluding hydrogens is 310 g/mol. The number of hydrogen-bond donors (Lipinski definition) is 3. The van der Waals surface area contributed by atoms with Gasteiger partial charge in [-0.1, -0.05) is 0 Å². The van der Waals surface area contributed by atoms with Crippen molar-refractivity contribution in [2.24, 2.45) is 5.73 Å². The number of ether oxygens (including phenoxy) is 1. The van der Waals surface area contributed by atoms with Gasteiger partial charge in [-0.25, -0.2) is 0 Å². The Hall–Kier alpha value is -1.57. The van der Waals surface area contributed by atoms with Crippen LogP contribution in [0.3, 0.4) is 0 Å². The van der Waals surface area contributed by atoms with E-state index in [-0.39, 0.29) is 36.7 Å². The maximum Gasteiger partial charge on any atom is 0.287 e. The van der Waals surface area contributed by atoms with Crippen LogP contribution in [-0.4, -0.2) is 44.7 Å². The van der Waals surface area contributed by atoms with E-state index in [1.165, 1.54) is 13.4 Å². The third kappa shape index (κ3) is 6.93. The number of amides is 2. The third-order valence-electron chi connectivity index (χ3n) is 3.04. The predicted molar refractivity (Wildman–Crippen MR) is 85.1 cm³/mol. The molecule has 7 nitrogen and oxygen atoms in total. The van der Waals surface area contributed by atoms with E-state index in [9.17, 15) is 9.59 Å². The van der Waals surface area contributed by atoms with Crippen LogP contribution in [0, 0.1) is 6.92 Å². The van der Waals surface area contributed by atoms with Gasteiger partial charge < -0.3 is 25.5 Å². The van der Waals surface area contributed by atoms with Crippen LogP contribution < -0.4 is 16.4 Å². The minimum absolute atomic E-state index is 0. The molecule has 0 aromatic carbocycles. The van der Waals surface area contributed by atoms with Gasteiger partial charge in [-0.15, -0.1) is 12.4 Å². The van der Waals surface area contributed by atoms with Crippen molar-refractivity contribution in [1.82, 2.24) is 10.6 Å². The van der Waals surface area contributed by atoms with Gasteiger partial charge in [-0.2, -0.15) is 0 Å². The van der Waals surface area contributed by atoms with Gasteiger partial charge in [0.05, 0.1) is 18.8 Å². The summed E-state index contributed by atoms with van der Waals surface area (Å²) in [7, 11) is 1.52. The Labute approximate surface area is 136 Å². The van der Waals surface area contributed by atoms with E-state index in [0.717, 1.165) is 5.56 Å². The van der Waals surface area contributed by atoms with Crippen LogP contribution in [0.25, 0.3) is 0 Å². The molecule has 22 heavy (non-hydrogen) atoms. The van der Waals surface area contributed by atoms with Gasteiger partial charge in [-0.3, -0.25) is 9.59 Å². The highest BCUT2D eigenvalue weighted by atomic mass is 35.5. The van der Waals surface area contributed by atoms with Gasteiger partial charge >= 0.3 is 0 Å². The molecule has 0 aliphatic carbocycles. The smallest absolute Gasteiger partial charge is 0.287 e. The first-order valence-electron chi connectivity index (χ1n) is 6.90. The second-order valence-electron chi connectivity index (χ2n) is 4.69. The fourth-order valence-corrected chi connectivity index (χ4v) is 1.75. The lowest BCUT2D eigenvalue weighted by Crippen LogP contribution is -2.34. The zero-order valence-electron chi connectivity index (χ0n) is 12.9. The second kappa shape index (κ2) is 11.1. The number of carbonyl (C=O) groups is 2. The summed E-state index contributed by atoms with van der Waals surface area (Å²) in [6.45, 7) is 3.06. The molecule has 2 amide bonds. The molecule has 0 bridgehead atoms. The second-order valence-corrected chi connectivity index (χ2v) is 4.69. The number of aryl methyl sites for hydroxylation is 1. The van der Waals surface area contributed by atoms with Crippen LogP contribution in [0.5, 0.6) is 0 Å². The molecule has 0 radical (unpaired) electrons. The van der Waals surface area contributed by atoms with E-state index >= 15 is 0 Å². The molecule has 1 heterocycles. The molecule has 1 atom stereocenters. The zero-order valence-corrected chi connectivity index (χ0v) is 13.7. The van der Waals surface area contributed by atoms with E-state index in [0.29, 0.717) is 31.8 Å². The summed E-state index contributed by atoms with van der Waals surface area (Å²) in [5, 5.41) is 5.49. The average molecular weight is 334 g/mol. The summed E-state index contributed by atoms with van der Waals surface area (Å²) in [5.41, 5.74) is 6.24. The summed E-state index contributed by atoms with van der Waals surface area (Å²) in [6.07, 6.45) is 2.10. The minimum atomic E-state index is -0.258. The molecule has 1 rings (SSSR count). The molecule has 4 N–H and O–H groups in total. The Bertz CT molecular complexity index is 461. The van der Waals surface area contributed by atoms with Gasteiger partial charge in [0, 0.05) is 32.3 Å². The Morgan fingerprint density at radius 2 is 2.05 bits per heavy atom. The average Bonchev–Trinajstić information content (AvgIpc) is 2.90. The van der Waals surface area contributed by atoms with E-state index < -0.39 is 0 Å². The molecule has 0 fully saturated rings. The molecule has 0 saturated carbocycles. The Morgan fingerprint density at radius 1 is 1.36 bits per heavy atom. The lowest BCUT2D eigenvalue weighted by atomic mass is 10.2. The third-order valence-corrected chi connectivity index (χ3v) is 3.04. The summed E-state index contributed by atoms with van der Waals surface area (Å²) >= 11 is 0. The number of furan rings is 1. The predicted octanol–water partition coefficient (Wildman–Crippen LogP) is 0.610. The van der Waals surface area contributed by atoms with E-state index in [2.05, 4.69) is 10.6 Å². The summed E-state index contributed by atoms with van der Waals surface area (Å²) in [5.74, 6) is -0.0307. The van der Waals surface area contributed by atoms with Crippen LogP contribution in [0.2, 0.25) is 0 Å². The van der Waals surface area contributed by atoms with Gasteiger partial charge in [0.15, 0.2) is 5.76 Å². The van der Waals surface area contributed by atoms with Crippen molar-refractivity contribution in [3.63, 3.8) is 0 Å². The molecule has 1 aromatic rings. The Balaban J connectivity index is 0.00000441. The highest BCUT2D eigenvalue weighted by Crippen LogP contribution is 2.07. The zero-order chi connectivity index (χ0) is 15.7. The van der Waals surface area contributed by atoms with E-state index in [1.54, 1.807) is 6.07 Å². The maximum absolute atomic E-state index is 11.7. The fraction of sp³-hybridized carbons (Fsp3) is 0.571. The van der Waals surface area contributed by atoms with Crippen molar-refractivity contribution >= 4 is 24.2 Å². The molecule has 0 aliphatic heterocycles. The minimum Gasteiger partial charge on any atom is -0.459 e. The first-order valence-corrected chi connectivity index (χ1v) is 6.90. The summed E-state index contributed by atoms with van der Waals surface area (Å²) < 4.78 is 10.1. The normalized spacial score (nSPS) is 11.4. The standard InChI is InChI=1S/C14H23N3O4.ClH/c1-10-4-7-21-13(10)14(19)17-6-3-5-16-12(18)8-11(9-15)20-2;/h4,7,11H,3,5-6,8-9,15H2,1-2H3,(H,16,18)(H,17,19);1H. The molecular formula is C14H24ClN3O4. The molecule has 0 aliphatic rings. The number of nitrogens with two attached hydrogens (primary N) is 1. The van der Waals surface area contributed by atoms with Crippen molar-refractivity contribution in [1.29, 1.82) is 0 Å². The Kier molecular flexibility index (Phi) is 10.3. The van der Waals surface area contributed by atoms with Crippen LogP contribution in [0.15, 0.2) is 16.7 Å². The van der Waals surface area contributed by atoms with E-state index in [1.807, 2.05) is 6.92 Å². The maximum atomic E-state index is 11.7. The number of hydrogen-bond acceptors (Lipinski definition) is 5. The van der Waals surface area contributed by atoms with E-state index in [4.69, 9.17) is 14.9 Å². The first-order chi connectivity index (χ1) is 10.1. The molecule has 0 spiro atoms. The van der Waals surface area contributed by atoms with Crippen LogP contribution in [0.1, 0.15) is 29.0 Å². The largest absolute Gasteiger partial charge is 0.459 e. The number of nitrogens with one attached hydrogen (secondary N) is 2. The highest BCUT2D eigenvalue weighted by molar-refractivity contribution is 5.92. The fourth-order valence-electron chi connectivity index (χ4n) is 1.75. The first kappa shape index (κ1) is 20.4. The van der Waals surface area contributed by atoms with Crippen LogP contribution >= 0.6 is 12.4 Å². The van der Waals surface area contributed by atoms with Crippen LogP contribution in [-0.2, 0) is 9.53 Å². The number of methoxy groups -OCH3 is 1. The molecule has 126 valence electrons. The van der Waals surface area contributed by atoms with Crippen molar-refractivity contribution < 1.29 is 18.7 Å². The topological polar surface area (TPSA) is 107 Å². The number of carbonyl (C=O) groups excluding carboxylic acids is 2. The van der Waals surface area contributed by atoms with Gasteiger partial charge in [0.1, 0.15) is 0 Å². The van der Waals surface area contributed by atoms with Gasteiger partial charge in [0.25, 0.3) is 5.91 Å². The highest BCUT2D eigenvalue weighted by Gasteiger charge is 2.12. The molecule has 0 saturated heterocycles. The molecule has 1 unspecified atom stereocenters. The number of rotatable bonds is 9. The van der Waals surface area contributed by atoms with Crippen LogP contribution in [0.4, 0.5) is 0 Å². The lowest BCUT2D eigenvalue weighted by Gasteiger charge is -2.12. The SMILES string of the molecule is COC(CN)CC(=O)NCCCNC(=O)c1occc1C.Cl. The summed E-state index contributed by atoms with van der Waals surface area (Å²) in [4.78, 5) is 23.3. The Morgan fingerprint density at radius 3 is 2.59 bits per heavy atom. The molecule has 1 aromatic heterocycles. The van der Waals surface area contributed by atoms with Gasteiger partial charge in [0.2, 0.25) is 5.91 Å². The molecule has 8 heteroatoms. The monoisotopic (exact) mass is 333 g/mol. The quantitative estimate of drug-likeness (QED) is 0.574. The summed E-state index contributed by atoms with van der Waals surface area (Å²) in [6, 6.07) is 1.73. The van der Waals surface area contributed by atoms with Crippen molar-refractivity contribution in [3.8, 4) is 0 Å². The van der Waals surface area contributed by atoms with Gasteiger partial charge in [-0.05, 0) is 19.4 Å².